The Morgan fingerprint density at radius 1 is 1.03 bits per heavy atom. The average molecular weight is 469 g/mol. The zero-order valence-corrected chi connectivity index (χ0v) is 19.0. The number of anilines is 1. The first-order valence-electron chi connectivity index (χ1n) is 11.4. The molecule has 8 heteroatoms. The van der Waals surface area contributed by atoms with Crippen molar-refractivity contribution in [1.29, 1.82) is 0 Å². The lowest BCUT2D eigenvalue weighted by molar-refractivity contribution is -0.132. The van der Waals surface area contributed by atoms with Crippen molar-refractivity contribution < 1.29 is 14.0 Å². The molecule has 3 heterocycles. The molecule has 2 N–H and O–H groups in total. The first-order chi connectivity index (χ1) is 15.9. The average Bonchev–Trinajstić information content (AvgIpc) is 3.19. The van der Waals surface area contributed by atoms with Gasteiger partial charge in [-0.1, -0.05) is 35.9 Å². The molecule has 3 fully saturated rings. The minimum Gasteiger partial charge on any atom is -0.341 e. The van der Waals surface area contributed by atoms with Crippen molar-refractivity contribution >= 4 is 34.8 Å². The van der Waals surface area contributed by atoms with Crippen LogP contribution in [0.15, 0.2) is 47.5 Å². The van der Waals surface area contributed by atoms with Crippen LogP contribution >= 0.6 is 11.6 Å². The van der Waals surface area contributed by atoms with E-state index in [1.54, 1.807) is 36.4 Å². The molecule has 6 rings (SSSR count). The lowest BCUT2D eigenvalue weighted by atomic mass is 9.84. The summed E-state index contributed by atoms with van der Waals surface area (Å²) >= 11 is 6.56. The van der Waals surface area contributed by atoms with Gasteiger partial charge in [0.25, 0.3) is 5.91 Å². The maximum Gasteiger partial charge on any atom is 0.266 e. The minimum atomic E-state index is -1.28. The zero-order valence-electron chi connectivity index (χ0n) is 18.2. The van der Waals surface area contributed by atoms with Crippen LogP contribution in [0.25, 0.3) is 0 Å². The largest absolute Gasteiger partial charge is 0.341 e. The number of fused-ring (bicyclic) bond motifs is 5. The third-order valence-corrected chi connectivity index (χ3v) is 7.30. The van der Waals surface area contributed by atoms with Crippen LogP contribution < -0.4 is 10.6 Å². The molecule has 2 aromatic carbocycles. The molecule has 0 spiro atoms. The fourth-order valence-corrected chi connectivity index (χ4v) is 5.55. The molecule has 172 valence electrons. The fourth-order valence-electron chi connectivity index (χ4n) is 5.27. The van der Waals surface area contributed by atoms with Gasteiger partial charge in [0.2, 0.25) is 5.91 Å². The summed E-state index contributed by atoms with van der Waals surface area (Å²) in [6, 6.07) is 11.3. The van der Waals surface area contributed by atoms with E-state index in [-0.39, 0.29) is 28.7 Å². The second-order valence-electron chi connectivity index (χ2n) is 9.15. The Hall–Kier alpha value is -2.77. The maximum atomic E-state index is 14.7. The van der Waals surface area contributed by atoms with E-state index >= 15 is 0 Å². The number of benzene rings is 2. The predicted molar refractivity (Wildman–Crippen MR) is 126 cm³/mol. The number of nitrogens with two attached hydrogens (primary N) is 1. The second kappa shape index (κ2) is 8.88. The van der Waals surface area contributed by atoms with Crippen molar-refractivity contribution in [2.45, 2.75) is 31.8 Å². The third kappa shape index (κ3) is 4.15. The summed E-state index contributed by atoms with van der Waals surface area (Å²) in [5.74, 6) is -0.119. The summed E-state index contributed by atoms with van der Waals surface area (Å²) in [5.41, 5.74) is 7.42. The topological polar surface area (TPSA) is 79.0 Å². The minimum absolute atomic E-state index is 0.130. The molecule has 0 aromatic heterocycles. The number of carbonyl (C=O) groups is 2. The van der Waals surface area contributed by atoms with E-state index in [1.807, 2.05) is 4.90 Å². The van der Waals surface area contributed by atoms with E-state index in [4.69, 9.17) is 17.3 Å². The Bertz CT molecular complexity index is 1120. The molecular weight excluding hydrogens is 443 g/mol. The summed E-state index contributed by atoms with van der Waals surface area (Å²) in [4.78, 5) is 34.3. The number of benzodiazepines with no additional fused rings is 1. The first-order valence-corrected chi connectivity index (χ1v) is 11.8. The van der Waals surface area contributed by atoms with Crippen molar-refractivity contribution in [2.24, 2.45) is 22.6 Å². The monoisotopic (exact) mass is 468 g/mol. The number of rotatable bonds is 3. The van der Waals surface area contributed by atoms with Crippen LogP contribution in [0.3, 0.4) is 0 Å². The number of carbonyl (C=O) groups excluding carboxylic acids is 2. The zero-order chi connectivity index (χ0) is 23.1. The highest BCUT2D eigenvalue weighted by Crippen LogP contribution is 2.36. The molecule has 1 saturated carbocycles. The lowest BCUT2D eigenvalue weighted by Crippen LogP contribution is -2.49. The van der Waals surface area contributed by atoms with Crippen molar-refractivity contribution in [2.75, 3.05) is 24.5 Å². The van der Waals surface area contributed by atoms with Gasteiger partial charge >= 0.3 is 0 Å². The first kappa shape index (κ1) is 22.0. The summed E-state index contributed by atoms with van der Waals surface area (Å²) in [6.07, 6.45) is 3.32. The van der Waals surface area contributed by atoms with Crippen LogP contribution in [-0.4, -0.2) is 48.2 Å². The molecule has 1 aliphatic carbocycles. The number of hydrogen-bond acceptors (Lipinski definition) is 4. The Morgan fingerprint density at radius 2 is 1.67 bits per heavy atom. The van der Waals surface area contributed by atoms with Crippen LogP contribution in [0.5, 0.6) is 0 Å². The Balaban J connectivity index is 1.53. The molecular formula is C25H26ClFN4O2. The maximum absolute atomic E-state index is 14.7. The summed E-state index contributed by atoms with van der Waals surface area (Å²) in [7, 11) is 0. The number of nitrogens with zero attached hydrogens (tertiary/aromatic N) is 3. The van der Waals surface area contributed by atoms with Gasteiger partial charge in [-0.3, -0.25) is 19.5 Å². The number of aliphatic imine (C=N–C) groups is 1. The third-order valence-electron chi connectivity index (χ3n) is 7.00. The molecule has 6 nitrogen and oxygen atoms in total. The predicted octanol–water partition coefficient (Wildman–Crippen LogP) is 3.60. The number of halogens is 2. The Morgan fingerprint density at radius 3 is 2.33 bits per heavy atom. The Kier molecular flexibility index (Phi) is 5.93. The van der Waals surface area contributed by atoms with Crippen LogP contribution in [0, 0.1) is 17.7 Å². The van der Waals surface area contributed by atoms with Gasteiger partial charge in [0, 0.05) is 24.2 Å². The van der Waals surface area contributed by atoms with Crippen molar-refractivity contribution in [3.63, 3.8) is 0 Å². The molecule has 0 unspecified atom stereocenters. The SMILES string of the molecule is N[C@H]1N=C(c2ccccc2F)c2cccc(Cl)c2N(CC(=O)N2CC3CCC(CC3)C2)C1=O. The van der Waals surface area contributed by atoms with E-state index in [0.717, 1.165) is 38.8 Å². The molecule has 2 bridgehead atoms. The quantitative estimate of drug-likeness (QED) is 0.747. The molecule has 2 aromatic rings. The number of hydrogen-bond donors (Lipinski definition) is 1. The van der Waals surface area contributed by atoms with E-state index in [0.29, 0.717) is 23.1 Å². The highest BCUT2D eigenvalue weighted by atomic mass is 35.5. The smallest absolute Gasteiger partial charge is 0.266 e. The van der Waals surface area contributed by atoms with Crippen molar-refractivity contribution in [3.05, 3.63) is 64.4 Å². The molecule has 3 aliphatic heterocycles. The van der Waals surface area contributed by atoms with Crippen molar-refractivity contribution in [3.8, 4) is 0 Å². The normalized spacial score (nSPS) is 24.8. The van der Waals surface area contributed by atoms with Gasteiger partial charge in [-0.25, -0.2) is 4.39 Å². The van der Waals surface area contributed by atoms with Gasteiger partial charge in [0.05, 0.1) is 16.4 Å². The second-order valence-corrected chi connectivity index (χ2v) is 9.56. The number of para-hydroxylation sites is 1. The summed E-state index contributed by atoms with van der Waals surface area (Å²) in [6.45, 7) is 1.26. The van der Waals surface area contributed by atoms with Gasteiger partial charge in [-0.15, -0.1) is 0 Å². The van der Waals surface area contributed by atoms with Gasteiger partial charge in [0.1, 0.15) is 12.4 Å². The van der Waals surface area contributed by atoms with Gasteiger partial charge in [-0.2, -0.15) is 0 Å². The summed E-state index contributed by atoms with van der Waals surface area (Å²) in [5, 5.41) is 0.280. The van der Waals surface area contributed by atoms with Gasteiger partial charge in [0.15, 0.2) is 6.17 Å². The van der Waals surface area contributed by atoms with Crippen LogP contribution in [0.1, 0.15) is 36.8 Å². The number of amides is 2. The van der Waals surface area contributed by atoms with E-state index < -0.39 is 17.9 Å². The highest BCUT2D eigenvalue weighted by molar-refractivity contribution is 6.36. The molecule has 4 aliphatic rings. The van der Waals surface area contributed by atoms with Crippen molar-refractivity contribution in [1.82, 2.24) is 4.90 Å². The standard InChI is InChI=1S/C25H26ClFN4O2/c26-19-6-3-5-18-22(17-4-1-2-7-20(17)27)29-24(28)25(33)31(23(18)19)14-21(32)30-12-15-8-9-16(13-30)11-10-15/h1-7,15-16,24H,8-14,28H2/t15?,16?,24-/m0/s1. The van der Waals surface area contributed by atoms with Crippen LogP contribution in [0.4, 0.5) is 10.1 Å². The van der Waals surface area contributed by atoms with Gasteiger partial charge < -0.3 is 10.6 Å². The van der Waals surface area contributed by atoms with Crippen LogP contribution in [-0.2, 0) is 9.59 Å². The van der Waals surface area contributed by atoms with E-state index in [1.165, 1.54) is 11.0 Å². The molecule has 0 radical (unpaired) electrons. The fraction of sp³-hybridized carbons (Fsp3) is 0.400. The highest BCUT2D eigenvalue weighted by Gasteiger charge is 2.36. The lowest BCUT2D eigenvalue weighted by Gasteiger charge is -2.29. The molecule has 33 heavy (non-hydrogen) atoms. The van der Waals surface area contributed by atoms with Gasteiger partial charge in [-0.05, 0) is 55.7 Å². The molecule has 2 saturated heterocycles. The summed E-state index contributed by atoms with van der Waals surface area (Å²) < 4.78 is 14.7. The Labute approximate surface area is 197 Å². The molecule has 2 amide bonds. The van der Waals surface area contributed by atoms with E-state index in [9.17, 15) is 14.0 Å². The van der Waals surface area contributed by atoms with Crippen LogP contribution in [0.2, 0.25) is 5.02 Å². The van der Waals surface area contributed by atoms with E-state index in [2.05, 4.69) is 4.99 Å². The molecule has 1 atom stereocenters.